The molecule has 1 rings (SSSR count). The Bertz CT molecular complexity index is 607. The Labute approximate surface area is 134 Å². The van der Waals surface area contributed by atoms with Gasteiger partial charge in [-0.2, -0.15) is 0 Å². The normalized spacial score (nSPS) is 11.0. The SMILES string of the molecule is CCOC(=O)NCCN(c1ccc(Cl)cc1Cl)S(C)(=O)=O. The van der Waals surface area contributed by atoms with Crippen molar-refractivity contribution in [2.45, 2.75) is 6.92 Å². The molecule has 0 aliphatic heterocycles. The molecule has 1 amide bonds. The fraction of sp³-hybridized carbons (Fsp3) is 0.417. The van der Waals surface area contributed by atoms with E-state index in [0.29, 0.717) is 10.7 Å². The zero-order valence-corrected chi connectivity index (χ0v) is 13.9. The molecule has 0 aromatic heterocycles. The van der Waals surface area contributed by atoms with Gasteiger partial charge in [0.25, 0.3) is 0 Å². The molecule has 0 spiro atoms. The Morgan fingerprint density at radius 1 is 1.38 bits per heavy atom. The molecular weight excluding hydrogens is 339 g/mol. The van der Waals surface area contributed by atoms with Gasteiger partial charge >= 0.3 is 6.09 Å². The zero-order valence-electron chi connectivity index (χ0n) is 11.6. The van der Waals surface area contributed by atoms with Crippen LogP contribution in [-0.2, 0) is 14.8 Å². The van der Waals surface area contributed by atoms with Crippen LogP contribution in [0.25, 0.3) is 0 Å². The third kappa shape index (κ3) is 5.61. The average molecular weight is 355 g/mol. The summed E-state index contributed by atoms with van der Waals surface area (Å²) in [6, 6.07) is 4.51. The van der Waals surface area contributed by atoms with E-state index in [-0.39, 0.29) is 24.7 Å². The zero-order chi connectivity index (χ0) is 16.0. The van der Waals surface area contributed by atoms with Crippen molar-refractivity contribution in [2.75, 3.05) is 30.3 Å². The lowest BCUT2D eigenvalue weighted by Crippen LogP contribution is -2.38. The van der Waals surface area contributed by atoms with E-state index in [0.717, 1.165) is 10.6 Å². The molecule has 0 fully saturated rings. The van der Waals surface area contributed by atoms with E-state index in [9.17, 15) is 13.2 Å². The molecule has 0 aliphatic carbocycles. The van der Waals surface area contributed by atoms with Crippen molar-refractivity contribution in [2.24, 2.45) is 0 Å². The lowest BCUT2D eigenvalue weighted by molar-refractivity contribution is 0.152. The van der Waals surface area contributed by atoms with E-state index in [1.165, 1.54) is 12.1 Å². The molecule has 0 atom stereocenters. The first-order valence-corrected chi connectivity index (χ1v) is 8.69. The Balaban J connectivity index is 2.85. The summed E-state index contributed by atoms with van der Waals surface area (Å²) in [5.41, 5.74) is 0.300. The van der Waals surface area contributed by atoms with Gasteiger partial charge in [0, 0.05) is 11.6 Å². The summed E-state index contributed by atoms with van der Waals surface area (Å²) >= 11 is 11.8. The number of benzene rings is 1. The van der Waals surface area contributed by atoms with Crippen LogP contribution in [0.2, 0.25) is 10.0 Å². The molecule has 1 aromatic rings. The highest BCUT2D eigenvalue weighted by molar-refractivity contribution is 7.92. The molecule has 118 valence electrons. The smallest absolute Gasteiger partial charge is 0.407 e. The minimum absolute atomic E-state index is 0.0268. The average Bonchev–Trinajstić information content (AvgIpc) is 2.35. The van der Waals surface area contributed by atoms with Crippen molar-refractivity contribution in [3.63, 3.8) is 0 Å². The number of amides is 1. The molecule has 0 saturated carbocycles. The van der Waals surface area contributed by atoms with Gasteiger partial charge in [0.2, 0.25) is 10.0 Å². The highest BCUT2D eigenvalue weighted by atomic mass is 35.5. The monoisotopic (exact) mass is 354 g/mol. The van der Waals surface area contributed by atoms with E-state index >= 15 is 0 Å². The maximum Gasteiger partial charge on any atom is 0.407 e. The molecule has 0 radical (unpaired) electrons. The summed E-state index contributed by atoms with van der Waals surface area (Å²) in [5, 5.41) is 3.07. The Morgan fingerprint density at radius 2 is 2.05 bits per heavy atom. The number of hydrogen-bond donors (Lipinski definition) is 1. The number of halogens is 2. The van der Waals surface area contributed by atoms with E-state index in [1.807, 2.05) is 0 Å². The molecule has 0 unspecified atom stereocenters. The number of alkyl carbamates (subject to hydrolysis) is 1. The van der Waals surface area contributed by atoms with Gasteiger partial charge in [-0.1, -0.05) is 23.2 Å². The highest BCUT2D eigenvalue weighted by Gasteiger charge is 2.20. The molecule has 1 N–H and O–H groups in total. The second-order valence-electron chi connectivity index (χ2n) is 4.08. The minimum atomic E-state index is -3.55. The number of hydrogen-bond acceptors (Lipinski definition) is 4. The van der Waals surface area contributed by atoms with E-state index in [2.05, 4.69) is 5.32 Å². The molecule has 21 heavy (non-hydrogen) atoms. The van der Waals surface area contributed by atoms with Gasteiger partial charge in [0.15, 0.2) is 0 Å². The van der Waals surface area contributed by atoms with Gasteiger partial charge < -0.3 is 10.1 Å². The van der Waals surface area contributed by atoms with E-state index in [1.54, 1.807) is 13.0 Å². The fourth-order valence-electron chi connectivity index (χ4n) is 1.59. The quantitative estimate of drug-likeness (QED) is 0.851. The van der Waals surface area contributed by atoms with Crippen molar-refractivity contribution in [1.29, 1.82) is 0 Å². The number of ether oxygens (including phenoxy) is 1. The van der Waals surface area contributed by atoms with Crippen molar-refractivity contribution in [3.05, 3.63) is 28.2 Å². The van der Waals surface area contributed by atoms with Crippen molar-refractivity contribution >= 4 is 45.0 Å². The molecular formula is C12H16Cl2N2O4S. The van der Waals surface area contributed by atoms with Crippen LogP contribution in [0, 0.1) is 0 Å². The van der Waals surface area contributed by atoms with Crippen molar-refractivity contribution in [1.82, 2.24) is 5.32 Å². The summed E-state index contributed by atoms with van der Waals surface area (Å²) in [6.45, 7) is 2.03. The number of carbonyl (C=O) groups excluding carboxylic acids is 1. The van der Waals surface area contributed by atoms with E-state index in [4.69, 9.17) is 27.9 Å². The first-order chi connectivity index (χ1) is 9.75. The summed E-state index contributed by atoms with van der Waals surface area (Å²) < 4.78 is 29.5. The van der Waals surface area contributed by atoms with Gasteiger partial charge in [-0.05, 0) is 25.1 Å². The van der Waals surface area contributed by atoms with Crippen LogP contribution in [0.4, 0.5) is 10.5 Å². The number of rotatable bonds is 6. The number of sulfonamides is 1. The van der Waals surface area contributed by atoms with Gasteiger partial charge in [-0.25, -0.2) is 13.2 Å². The first kappa shape index (κ1) is 17.9. The van der Waals surface area contributed by atoms with Gasteiger partial charge in [-0.15, -0.1) is 0 Å². The van der Waals surface area contributed by atoms with Crippen LogP contribution < -0.4 is 9.62 Å². The van der Waals surface area contributed by atoms with Crippen LogP contribution in [0.1, 0.15) is 6.92 Å². The standard InChI is InChI=1S/C12H16Cl2N2O4S/c1-3-20-12(17)15-6-7-16(21(2,18)19)11-5-4-9(13)8-10(11)14/h4-5,8H,3,6-7H2,1-2H3,(H,15,17). The maximum absolute atomic E-state index is 11.9. The van der Waals surface area contributed by atoms with Gasteiger partial charge in [0.1, 0.15) is 0 Å². The molecule has 0 saturated heterocycles. The first-order valence-electron chi connectivity index (χ1n) is 6.09. The molecule has 1 aromatic carbocycles. The predicted molar refractivity (Wildman–Crippen MR) is 83.7 cm³/mol. The summed E-state index contributed by atoms with van der Waals surface area (Å²) in [7, 11) is -3.55. The third-order valence-corrected chi connectivity index (χ3v) is 4.16. The second-order valence-corrected chi connectivity index (χ2v) is 6.83. The predicted octanol–water partition coefficient (Wildman–Crippen LogP) is 2.51. The number of carbonyl (C=O) groups is 1. The van der Waals surface area contributed by atoms with Crippen LogP contribution in [0.5, 0.6) is 0 Å². The molecule has 0 heterocycles. The number of nitrogens with zero attached hydrogens (tertiary/aromatic N) is 1. The van der Waals surface area contributed by atoms with E-state index < -0.39 is 16.1 Å². The second kappa shape index (κ2) is 7.72. The molecule has 6 nitrogen and oxygen atoms in total. The van der Waals surface area contributed by atoms with Crippen molar-refractivity contribution in [3.8, 4) is 0 Å². The third-order valence-electron chi connectivity index (χ3n) is 2.44. The summed E-state index contributed by atoms with van der Waals surface area (Å²) in [5.74, 6) is 0. The van der Waals surface area contributed by atoms with Crippen LogP contribution in [0.15, 0.2) is 18.2 Å². The highest BCUT2D eigenvalue weighted by Crippen LogP contribution is 2.30. The van der Waals surface area contributed by atoms with Crippen LogP contribution in [-0.4, -0.2) is 40.5 Å². The van der Waals surface area contributed by atoms with Gasteiger partial charge in [0.05, 0.1) is 30.1 Å². The minimum Gasteiger partial charge on any atom is -0.450 e. The number of nitrogens with one attached hydrogen (secondary N) is 1. The molecule has 0 aliphatic rings. The summed E-state index contributed by atoms with van der Waals surface area (Å²) in [6.07, 6.45) is 0.454. The summed E-state index contributed by atoms with van der Waals surface area (Å²) in [4.78, 5) is 11.2. The Kier molecular flexibility index (Phi) is 6.57. The van der Waals surface area contributed by atoms with Crippen LogP contribution in [0.3, 0.4) is 0 Å². The number of anilines is 1. The van der Waals surface area contributed by atoms with Crippen LogP contribution >= 0.6 is 23.2 Å². The lowest BCUT2D eigenvalue weighted by atomic mass is 10.3. The lowest BCUT2D eigenvalue weighted by Gasteiger charge is -2.23. The van der Waals surface area contributed by atoms with Crippen molar-refractivity contribution < 1.29 is 17.9 Å². The molecule has 9 heteroatoms. The Hall–Kier alpha value is -1.18. The largest absolute Gasteiger partial charge is 0.450 e. The fourth-order valence-corrected chi connectivity index (χ4v) is 3.09. The molecule has 0 bridgehead atoms. The van der Waals surface area contributed by atoms with Gasteiger partial charge in [-0.3, -0.25) is 4.31 Å². The maximum atomic E-state index is 11.9. The Morgan fingerprint density at radius 3 is 2.57 bits per heavy atom. The topological polar surface area (TPSA) is 75.7 Å².